The molecular formula is C22H23ClN5O2+. The Morgan fingerprint density at radius 1 is 1.20 bits per heavy atom. The first kappa shape index (κ1) is 21.3. The summed E-state index contributed by atoms with van der Waals surface area (Å²) in [6.45, 7) is 4.29. The number of hydrogen-bond acceptors (Lipinski definition) is 4. The van der Waals surface area contributed by atoms with Gasteiger partial charge in [0.1, 0.15) is 19.4 Å². The molecular weight excluding hydrogens is 402 g/mol. The van der Waals surface area contributed by atoms with Crippen LogP contribution in [0.1, 0.15) is 16.7 Å². The third-order valence-corrected chi connectivity index (χ3v) is 4.89. The van der Waals surface area contributed by atoms with Crippen LogP contribution in [0.2, 0.25) is 5.02 Å². The van der Waals surface area contributed by atoms with Gasteiger partial charge in [-0.1, -0.05) is 40.9 Å². The van der Waals surface area contributed by atoms with Crippen LogP contribution in [0.15, 0.2) is 60.0 Å². The molecule has 3 aromatic rings. The van der Waals surface area contributed by atoms with Gasteiger partial charge in [-0.15, -0.1) is 0 Å². The molecule has 0 aliphatic rings. The summed E-state index contributed by atoms with van der Waals surface area (Å²) in [5.41, 5.74) is 10.5. The highest BCUT2D eigenvalue weighted by Crippen LogP contribution is 2.30. The first-order valence-electron chi connectivity index (χ1n) is 9.28. The topological polar surface area (TPSA) is 92.4 Å². The molecule has 0 unspecified atom stereocenters. The van der Waals surface area contributed by atoms with Crippen LogP contribution in [0.5, 0.6) is 5.75 Å². The van der Waals surface area contributed by atoms with Crippen LogP contribution in [0.25, 0.3) is 11.3 Å². The van der Waals surface area contributed by atoms with E-state index in [4.69, 9.17) is 21.9 Å². The van der Waals surface area contributed by atoms with Gasteiger partial charge >= 0.3 is 6.03 Å². The van der Waals surface area contributed by atoms with Crippen LogP contribution >= 0.6 is 11.6 Å². The zero-order chi connectivity index (χ0) is 21.7. The van der Waals surface area contributed by atoms with Crippen molar-refractivity contribution in [2.24, 2.45) is 5.22 Å². The van der Waals surface area contributed by atoms with E-state index in [1.165, 1.54) is 7.05 Å². The molecule has 0 aliphatic carbocycles. The second-order valence-corrected chi connectivity index (χ2v) is 7.25. The summed E-state index contributed by atoms with van der Waals surface area (Å²) in [7, 11) is 1.46. The van der Waals surface area contributed by atoms with Gasteiger partial charge in [-0.2, -0.15) is 5.53 Å². The van der Waals surface area contributed by atoms with Crippen molar-refractivity contribution in [3.8, 4) is 17.0 Å². The van der Waals surface area contributed by atoms with Crippen molar-refractivity contribution < 1.29 is 15.1 Å². The second-order valence-electron chi connectivity index (χ2n) is 6.81. The highest BCUT2D eigenvalue weighted by Gasteiger charge is 2.18. The Morgan fingerprint density at radius 3 is 2.70 bits per heavy atom. The van der Waals surface area contributed by atoms with Crippen molar-refractivity contribution >= 4 is 23.3 Å². The predicted octanol–water partition coefficient (Wildman–Crippen LogP) is 4.19. The van der Waals surface area contributed by atoms with E-state index in [9.17, 15) is 4.79 Å². The molecule has 0 saturated carbocycles. The number of halogens is 1. The molecule has 0 aliphatic heterocycles. The largest absolute Gasteiger partial charge is 0.486 e. The zero-order valence-electron chi connectivity index (χ0n) is 17.0. The van der Waals surface area contributed by atoms with Crippen molar-refractivity contribution in [1.29, 1.82) is 0 Å². The molecule has 3 N–H and O–H groups in total. The number of rotatable bonds is 6. The van der Waals surface area contributed by atoms with E-state index in [-0.39, 0.29) is 0 Å². The SMILES string of the molecule is Cc1cc(-c2cc(Cl)ccn2)ccc1COc1c(C)cccc1NC(=O)N(C)N=[NH2+]. The molecule has 154 valence electrons. The summed E-state index contributed by atoms with van der Waals surface area (Å²) < 4.78 is 6.08. The Balaban J connectivity index is 1.79. The minimum Gasteiger partial charge on any atom is -0.486 e. The van der Waals surface area contributed by atoms with Crippen molar-refractivity contribution in [1.82, 2.24) is 9.99 Å². The van der Waals surface area contributed by atoms with Gasteiger partial charge < -0.3 is 4.74 Å². The molecule has 3 rings (SSSR count). The van der Waals surface area contributed by atoms with Gasteiger partial charge in [-0.05, 0) is 54.8 Å². The fourth-order valence-corrected chi connectivity index (χ4v) is 3.08. The third kappa shape index (κ3) is 4.93. The zero-order valence-corrected chi connectivity index (χ0v) is 17.8. The maximum Gasteiger partial charge on any atom is 0.433 e. The molecule has 7 nitrogen and oxygen atoms in total. The number of carbonyl (C=O) groups excluding carboxylic acids is 1. The molecule has 0 radical (unpaired) electrons. The number of nitrogens with one attached hydrogen (secondary N) is 1. The first-order valence-corrected chi connectivity index (χ1v) is 9.66. The quantitative estimate of drug-likeness (QED) is 0.459. The van der Waals surface area contributed by atoms with Gasteiger partial charge in [-0.3, -0.25) is 10.3 Å². The van der Waals surface area contributed by atoms with E-state index < -0.39 is 6.03 Å². The Morgan fingerprint density at radius 2 is 2.00 bits per heavy atom. The summed E-state index contributed by atoms with van der Waals surface area (Å²) in [4.78, 5) is 16.5. The van der Waals surface area contributed by atoms with E-state index in [0.717, 1.165) is 33.0 Å². The fraction of sp³-hybridized carbons (Fsp3) is 0.182. The predicted molar refractivity (Wildman–Crippen MR) is 116 cm³/mol. The van der Waals surface area contributed by atoms with E-state index >= 15 is 0 Å². The highest BCUT2D eigenvalue weighted by atomic mass is 35.5. The van der Waals surface area contributed by atoms with Crippen LogP contribution in [-0.2, 0) is 6.61 Å². The molecule has 2 aromatic carbocycles. The number of para-hydroxylation sites is 1. The molecule has 0 spiro atoms. The van der Waals surface area contributed by atoms with Crippen molar-refractivity contribution in [2.45, 2.75) is 20.5 Å². The monoisotopic (exact) mass is 424 g/mol. The lowest BCUT2D eigenvalue weighted by molar-refractivity contribution is -0.248. The van der Waals surface area contributed by atoms with Crippen LogP contribution < -0.4 is 15.6 Å². The lowest BCUT2D eigenvalue weighted by Gasteiger charge is -2.16. The summed E-state index contributed by atoms with van der Waals surface area (Å²) in [6.07, 6.45) is 1.69. The van der Waals surface area contributed by atoms with Crippen LogP contribution in [0.4, 0.5) is 10.5 Å². The Hall–Kier alpha value is -3.45. The van der Waals surface area contributed by atoms with E-state index in [1.54, 1.807) is 18.3 Å². The molecule has 2 amide bonds. The van der Waals surface area contributed by atoms with Crippen molar-refractivity contribution in [3.63, 3.8) is 0 Å². The van der Waals surface area contributed by atoms with Crippen LogP contribution in [-0.4, -0.2) is 23.1 Å². The molecule has 30 heavy (non-hydrogen) atoms. The van der Waals surface area contributed by atoms with Gasteiger partial charge in [0, 0.05) is 16.8 Å². The maximum atomic E-state index is 12.1. The molecule has 0 fully saturated rings. The number of aromatic nitrogens is 1. The Labute approximate surface area is 180 Å². The minimum atomic E-state index is -0.456. The third-order valence-electron chi connectivity index (χ3n) is 4.65. The Bertz CT molecular complexity index is 1090. The van der Waals surface area contributed by atoms with Crippen molar-refractivity contribution in [2.75, 3.05) is 12.4 Å². The minimum absolute atomic E-state index is 0.347. The number of ether oxygens (including phenoxy) is 1. The highest BCUT2D eigenvalue weighted by molar-refractivity contribution is 6.30. The number of benzene rings is 2. The molecule has 0 bridgehead atoms. The smallest absolute Gasteiger partial charge is 0.433 e. The molecule has 8 heteroatoms. The van der Waals surface area contributed by atoms with Crippen molar-refractivity contribution in [3.05, 3.63) is 76.4 Å². The number of hydrogen-bond donors (Lipinski definition) is 2. The maximum absolute atomic E-state index is 12.1. The van der Waals surface area contributed by atoms with Gasteiger partial charge in [0.2, 0.25) is 0 Å². The molecule has 1 aromatic heterocycles. The number of nitrogens with zero attached hydrogens (tertiary/aromatic N) is 3. The number of urea groups is 1. The number of amides is 2. The summed E-state index contributed by atoms with van der Waals surface area (Å²) in [6, 6.07) is 14.7. The molecule has 0 saturated heterocycles. The number of nitrogens with two attached hydrogens (primary N) is 1. The molecule has 0 atom stereocenters. The van der Waals surface area contributed by atoms with E-state index in [0.29, 0.717) is 23.1 Å². The average molecular weight is 425 g/mol. The van der Waals surface area contributed by atoms with Crippen LogP contribution in [0.3, 0.4) is 0 Å². The fourth-order valence-electron chi connectivity index (χ4n) is 2.92. The number of pyridine rings is 1. The summed E-state index contributed by atoms with van der Waals surface area (Å²) in [5, 5.41) is 7.76. The van der Waals surface area contributed by atoms with Gasteiger partial charge in [-0.25, -0.2) is 4.79 Å². The number of anilines is 1. The lowest BCUT2D eigenvalue weighted by Crippen LogP contribution is -2.36. The van der Waals surface area contributed by atoms with E-state index in [1.807, 2.05) is 44.2 Å². The van der Waals surface area contributed by atoms with Gasteiger partial charge in [0.15, 0.2) is 0 Å². The first-order chi connectivity index (χ1) is 14.4. The normalized spacial score (nSPS) is 10.4. The Kier molecular flexibility index (Phi) is 6.64. The average Bonchev–Trinajstić information content (AvgIpc) is 2.73. The van der Waals surface area contributed by atoms with Crippen LogP contribution in [0, 0.1) is 13.8 Å². The molecule has 1 heterocycles. The summed E-state index contributed by atoms with van der Waals surface area (Å²) >= 11 is 6.07. The standard InChI is InChI=1S/C22H22ClN5O2/c1-14-5-4-6-19(26-22(29)28(3)27-24)21(14)30-13-17-8-7-16(11-15(17)2)20-12-18(23)9-10-25-20/h4-12,24H,13H2,1-3H3,(H,26,29)/p+1. The van der Waals surface area contributed by atoms with E-state index in [2.05, 4.69) is 21.6 Å². The van der Waals surface area contributed by atoms with Gasteiger partial charge in [0.05, 0.1) is 16.6 Å². The van der Waals surface area contributed by atoms with Gasteiger partial charge in [0.25, 0.3) is 0 Å². The lowest BCUT2D eigenvalue weighted by atomic mass is 10.0. The number of aryl methyl sites for hydroxylation is 2. The second kappa shape index (κ2) is 9.37. The number of carbonyl (C=O) groups is 1. The summed E-state index contributed by atoms with van der Waals surface area (Å²) in [5.74, 6) is 0.594.